The monoisotopic (exact) mass is 397 g/mol. The van der Waals surface area contributed by atoms with Gasteiger partial charge >= 0.3 is 0 Å². The predicted molar refractivity (Wildman–Crippen MR) is 108 cm³/mol. The fraction of sp³-hybridized carbons (Fsp3) is 0.429. The number of anilines is 3. The van der Waals surface area contributed by atoms with Gasteiger partial charge in [-0.2, -0.15) is 9.61 Å². The zero-order chi connectivity index (χ0) is 19.8. The number of hydrogen-bond acceptors (Lipinski definition) is 6. The van der Waals surface area contributed by atoms with Crippen LogP contribution in [0.25, 0.3) is 5.65 Å². The third-order valence-corrected chi connectivity index (χ3v) is 5.62. The third-order valence-electron chi connectivity index (χ3n) is 5.62. The summed E-state index contributed by atoms with van der Waals surface area (Å²) in [5.74, 6) is 1.75. The number of fused-ring (bicyclic) bond motifs is 1. The van der Waals surface area contributed by atoms with Gasteiger partial charge in [0.15, 0.2) is 5.65 Å². The van der Waals surface area contributed by atoms with Crippen molar-refractivity contribution in [3.8, 4) is 0 Å². The van der Waals surface area contributed by atoms with Gasteiger partial charge in [0.1, 0.15) is 17.5 Å². The van der Waals surface area contributed by atoms with E-state index in [0.29, 0.717) is 43.0 Å². The summed E-state index contributed by atoms with van der Waals surface area (Å²) in [6, 6.07) is 8.21. The van der Waals surface area contributed by atoms with E-state index in [9.17, 15) is 9.50 Å². The van der Waals surface area contributed by atoms with Gasteiger partial charge in [-0.1, -0.05) is 6.07 Å². The number of hydrogen-bond donors (Lipinski definition) is 3. The van der Waals surface area contributed by atoms with Crippen molar-refractivity contribution < 1.29 is 14.2 Å². The molecule has 0 amide bonds. The van der Waals surface area contributed by atoms with Crippen molar-refractivity contribution in [1.29, 1.82) is 0 Å². The Hall–Kier alpha value is -2.71. The molecule has 3 heterocycles. The van der Waals surface area contributed by atoms with Gasteiger partial charge in [0.2, 0.25) is 0 Å². The lowest BCUT2D eigenvalue weighted by molar-refractivity contribution is -0.0396. The number of aliphatic hydroxyl groups is 1. The molecule has 2 aromatic heterocycles. The highest BCUT2D eigenvalue weighted by Crippen LogP contribution is 2.42. The number of aromatic nitrogens is 3. The normalized spacial score (nSPS) is 22.0. The molecule has 29 heavy (non-hydrogen) atoms. The van der Waals surface area contributed by atoms with Gasteiger partial charge in [0.25, 0.3) is 0 Å². The summed E-state index contributed by atoms with van der Waals surface area (Å²) in [7, 11) is 0. The minimum atomic E-state index is -0.470. The van der Waals surface area contributed by atoms with Crippen molar-refractivity contribution in [2.75, 3.05) is 30.4 Å². The quantitative estimate of drug-likeness (QED) is 0.592. The SMILES string of the molecule is O[C@@H]1COCC[C@H]1CNc1cc(Nc2cccc(F)c2)n2ncc(C3CC3)c2n1. The highest BCUT2D eigenvalue weighted by Gasteiger charge is 2.28. The van der Waals surface area contributed by atoms with E-state index in [0.717, 1.165) is 30.5 Å². The molecule has 1 aliphatic carbocycles. The molecule has 3 N–H and O–H groups in total. The number of benzene rings is 1. The molecular weight excluding hydrogens is 373 g/mol. The van der Waals surface area contributed by atoms with E-state index in [-0.39, 0.29) is 11.7 Å². The Morgan fingerprint density at radius 3 is 2.93 bits per heavy atom. The zero-order valence-corrected chi connectivity index (χ0v) is 16.0. The second-order valence-electron chi connectivity index (χ2n) is 7.84. The second kappa shape index (κ2) is 7.61. The first-order valence-corrected chi connectivity index (χ1v) is 10.1. The van der Waals surface area contributed by atoms with Crippen LogP contribution in [0.2, 0.25) is 0 Å². The molecular formula is C21H24FN5O2. The minimum Gasteiger partial charge on any atom is -0.390 e. The Labute approximate surface area is 167 Å². The average Bonchev–Trinajstić information content (AvgIpc) is 3.46. The van der Waals surface area contributed by atoms with Crippen LogP contribution in [-0.2, 0) is 4.74 Å². The first-order chi connectivity index (χ1) is 14.2. The Kier molecular flexibility index (Phi) is 4.81. The fourth-order valence-electron chi connectivity index (χ4n) is 3.80. The van der Waals surface area contributed by atoms with Gasteiger partial charge in [-0.15, -0.1) is 0 Å². The highest BCUT2D eigenvalue weighted by atomic mass is 19.1. The van der Waals surface area contributed by atoms with E-state index in [1.54, 1.807) is 10.6 Å². The van der Waals surface area contributed by atoms with Crippen molar-refractivity contribution in [2.24, 2.45) is 5.92 Å². The molecule has 2 aliphatic rings. The first kappa shape index (κ1) is 18.3. The molecule has 3 aromatic rings. The van der Waals surface area contributed by atoms with Gasteiger partial charge in [0, 0.05) is 36.4 Å². The maximum absolute atomic E-state index is 13.6. The van der Waals surface area contributed by atoms with Crippen molar-refractivity contribution in [3.05, 3.63) is 47.9 Å². The lowest BCUT2D eigenvalue weighted by Crippen LogP contribution is -2.36. The summed E-state index contributed by atoms with van der Waals surface area (Å²) >= 11 is 0. The molecule has 1 aromatic carbocycles. The Morgan fingerprint density at radius 2 is 2.14 bits per heavy atom. The molecule has 1 aliphatic heterocycles. The molecule has 0 radical (unpaired) electrons. The molecule has 0 spiro atoms. The maximum atomic E-state index is 13.6. The van der Waals surface area contributed by atoms with E-state index < -0.39 is 6.10 Å². The van der Waals surface area contributed by atoms with Crippen molar-refractivity contribution >= 4 is 23.0 Å². The Balaban J connectivity index is 1.46. The van der Waals surface area contributed by atoms with E-state index in [1.165, 1.54) is 12.1 Å². The molecule has 0 unspecified atom stereocenters. The molecule has 152 valence electrons. The first-order valence-electron chi connectivity index (χ1n) is 10.1. The molecule has 7 nitrogen and oxygen atoms in total. The lowest BCUT2D eigenvalue weighted by atomic mass is 9.97. The molecule has 5 rings (SSSR count). The Morgan fingerprint density at radius 1 is 1.24 bits per heavy atom. The van der Waals surface area contributed by atoms with Crippen LogP contribution in [-0.4, -0.2) is 45.6 Å². The van der Waals surface area contributed by atoms with Crippen molar-refractivity contribution in [2.45, 2.75) is 31.3 Å². The minimum absolute atomic E-state index is 0.120. The predicted octanol–water partition coefficient (Wildman–Crippen LogP) is 3.30. The van der Waals surface area contributed by atoms with Crippen LogP contribution in [0, 0.1) is 11.7 Å². The van der Waals surface area contributed by atoms with Crippen LogP contribution >= 0.6 is 0 Å². The number of rotatable bonds is 6. The van der Waals surface area contributed by atoms with E-state index in [4.69, 9.17) is 9.72 Å². The van der Waals surface area contributed by atoms with Crippen molar-refractivity contribution in [1.82, 2.24) is 14.6 Å². The lowest BCUT2D eigenvalue weighted by Gasteiger charge is -2.28. The van der Waals surface area contributed by atoms with Crippen LogP contribution < -0.4 is 10.6 Å². The largest absolute Gasteiger partial charge is 0.390 e. The number of ether oxygens (including phenoxy) is 1. The van der Waals surface area contributed by atoms with Crippen LogP contribution in [0.5, 0.6) is 0 Å². The van der Waals surface area contributed by atoms with Gasteiger partial charge in [-0.05, 0) is 43.4 Å². The van der Waals surface area contributed by atoms with Crippen LogP contribution in [0.4, 0.5) is 21.7 Å². The summed E-state index contributed by atoms with van der Waals surface area (Å²) in [4.78, 5) is 4.79. The number of nitrogens with one attached hydrogen (secondary N) is 2. The number of halogens is 1. The van der Waals surface area contributed by atoms with Gasteiger partial charge < -0.3 is 20.5 Å². The number of aliphatic hydroxyl groups excluding tert-OH is 1. The summed E-state index contributed by atoms with van der Waals surface area (Å²) < 4.78 is 20.7. The Bertz CT molecular complexity index is 1020. The second-order valence-corrected chi connectivity index (χ2v) is 7.84. The molecule has 1 saturated carbocycles. The van der Waals surface area contributed by atoms with Gasteiger partial charge in [-0.25, -0.2) is 9.37 Å². The number of nitrogens with zero attached hydrogens (tertiary/aromatic N) is 3. The maximum Gasteiger partial charge on any atom is 0.163 e. The van der Waals surface area contributed by atoms with Gasteiger partial charge in [-0.3, -0.25) is 0 Å². The molecule has 2 fully saturated rings. The van der Waals surface area contributed by atoms with Crippen LogP contribution in [0.1, 0.15) is 30.7 Å². The smallest absolute Gasteiger partial charge is 0.163 e. The average molecular weight is 397 g/mol. The van der Waals surface area contributed by atoms with E-state index in [2.05, 4.69) is 15.7 Å². The van der Waals surface area contributed by atoms with Gasteiger partial charge in [0.05, 0.1) is 18.9 Å². The van der Waals surface area contributed by atoms with Crippen LogP contribution in [0.3, 0.4) is 0 Å². The summed E-state index contributed by atoms with van der Waals surface area (Å²) in [5, 5.41) is 21.3. The summed E-state index contributed by atoms with van der Waals surface area (Å²) in [6.45, 7) is 1.65. The van der Waals surface area contributed by atoms with E-state index in [1.807, 2.05) is 18.3 Å². The highest BCUT2D eigenvalue weighted by molar-refractivity contribution is 5.66. The third kappa shape index (κ3) is 3.90. The standard InChI is InChI=1S/C21H24FN5O2/c22-15-2-1-3-16(8-15)25-20-9-19(23-10-14-6-7-29-12-18(14)28)26-21-17(13-4-5-13)11-24-27(20)21/h1-3,8-9,11,13-14,18,25,28H,4-7,10,12H2,(H,23,26)/t14-,18+/m0/s1. The zero-order valence-electron chi connectivity index (χ0n) is 16.0. The topological polar surface area (TPSA) is 83.7 Å². The van der Waals surface area contributed by atoms with Crippen LogP contribution in [0.15, 0.2) is 36.5 Å². The molecule has 1 saturated heterocycles. The molecule has 2 atom stereocenters. The molecule has 0 bridgehead atoms. The van der Waals surface area contributed by atoms with Crippen molar-refractivity contribution in [3.63, 3.8) is 0 Å². The summed E-state index contributed by atoms with van der Waals surface area (Å²) in [6.07, 6.45) is 4.53. The van der Waals surface area contributed by atoms with E-state index >= 15 is 0 Å². The summed E-state index contributed by atoms with van der Waals surface area (Å²) in [5.41, 5.74) is 2.60. The fourth-order valence-corrected chi connectivity index (χ4v) is 3.80. The molecule has 8 heteroatoms.